The van der Waals surface area contributed by atoms with Crippen LogP contribution in [-0.2, 0) is 6.54 Å². The SMILES string of the molecule is CN(Cc1cc[c]cc1)C1CC1. The lowest BCUT2D eigenvalue weighted by atomic mass is 10.2. The van der Waals surface area contributed by atoms with E-state index in [2.05, 4.69) is 30.1 Å². The van der Waals surface area contributed by atoms with E-state index in [1.807, 2.05) is 12.1 Å². The summed E-state index contributed by atoms with van der Waals surface area (Å²) in [6.45, 7) is 1.08. The van der Waals surface area contributed by atoms with Crippen molar-refractivity contribution in [1.29, 1.82) is 0 Å². The summed E-state index contributed by atoms with van der Waals surface area (Å²) in [5.41, 5.74) is 1.39. The second-order valence-corrected chi connectivity index (χ2v) is 3.55. The van der Waals surface area contributed by atoms with Crippen molar-refractivity contribution in [3.63, 3.8) is 0 Å². The predicted octanol–water partition coefficient (Wildman–Crippen LogP) is 2.08. The van der Waals surface area contributed by atoms with Crippen molar-refractivity contribution >= 4 is 0 Å². The largest absolute Gasteiger partial charge is 0.299 e. The molecule has 1 fully saturated rings. The van der Waals surface area contributed by atoms with Gasteiger partial charge in [-0.1, -0.05) is 24.3 Å². The minimum absolute atomic E-state index is 0.856. The second-order valence-electron chi connectivity index (χ2n) is 3.55. The Bertz CT molecular complexity index is 238. The standard InChI is InChI=1S/C11H14N/c1-12(11-7-8-11)9-10-5-3-2-4-6-10/h3-6,11H,7-9H2,1H3. The molecule has 0 aromatic heterocycles. The summed E-state index contributed by atoms with van der Waals surface area (Å²) >= 11 is 0. The fraction of sp³-hybridized carbons (Fsp3) is 0.455. The molecule has 1 aliphatic carbocycles. The van der Waals surface area contributed by atoms with Gasteiger partial charge in [0.2, 0.25) is 0 Å². The molecule has 0 heterocycles. The number of hydrogen-bond acceptors (Lipinski definition) is 1. The third-order valence-corrected chi connectivity index (χ3v) is 2.39. The third kappa shape index (κ3) is 1.86. The Morgan fingerprint density at radius 3 is 2.67 bits per heavy atom. The van der Waals surface area contributed by atoms with Crippen molar-refractivity contribution in [1.82, 2.24) is 4.90 Å². The van der Waals surface area contributed by atoms with Crippen LogP contribution in [0, 0.1) is 6.07 Å². The maximum absolute atomic E-state index is 3.03. The quantitative estimate of drug-likeness (QED) is 0.654. The minimum Gasteiger partial charge on any atom is -0.299 e. The van der Waals surface area contributed by atoms with Gasteiger partial charge < -0.3 is 0 Å². The van der Waals surface area contributed by atoms with Crippen molar-refractivity contribution in [2.75, 3.05) is 7.05 Å². The maximum Gasteiger partial charge on any atom is 0.0233 e. The molecule has 0 saturated heterocycles. The highest BCUT2D eigenvalue weighted by atomic mass is 15.1. The number of nitrogens with zero attached hydrogens (tertiary/aromatic N) is 1. The second kappa shape index (κ2) is 3.28. The number of rotatable bonds is 3. The predicted molar refractivity (Wildman–Crippen MR) is 49.8 cm³/mol. The first-order valence-corrected chi connectivity index (χ1v) is 4.51. The topological polar surface area (TPSA) is 3.24 Å². The lowest BCUT2D eigenvalue weighted by Gasteiger charge is -2.14. The molecule has 1 aliphatic rings. The fourth-order valence-corrected chi connectivity index (χ4v) is 1.46. The summed E-state index contributed by atoms with van der Waals surface area (Å²) in [5.74, 6) is 0. The van der Waals surface area contributed by atoms with Gasteiger partial charge in [-0.25, -0.2) is 0 Å². The Kier molecular flexibility index (Phi) is 2.13. The van der Waals surface area contributed by atoms with Crippen LogP contribution in [0.1, 0.15) is 18.4 Å². The number of benzene rings is 1. The molecule has 0 atom stereocenters. The van der Waals surface area contributed by atoms with Crippen molar-refractivity contribution in [3.8, 4) is 0 Å². The molecule has 1 nitrogen and oxygen atoms in total. The normalized spacial score (nSPS) is 16.8. The maximum atomic E-state index is 3.03. The van der Waals surface area contributed by atoms with E-state index in [1.165, 1.54) is 18.4 Å². The molecule has 1 aromatic rings. The van der Waals surface area contributed by atoms with E-state index in [-0.39, 0.29) is 0 Å². The average molecular weight is 160 g/mol. The first-order valence-electron chi connectivity index (χ1n) is 4.51. The van der Waals surface area contributed by atoms with Crippen LogP contribution in [0.5, 0.6) is 0 Å². The molecule has 1 radical (unpaired) electrons. The lowest BCUT2D eigenvalue weighted by molar-refractivity contribution is 0.316. The summed E-state index contributed by atoms with van der Waals surface area (Å²) in [7, 11) is 2.20. The highest BCUT2D eigenvalue weighted by Gasteiger charge is 2.25. The van der Waals surface area contributed by atoms with Gasteiger partial charge in [-0.3, -0.25) is 4.90 Å². The monoisotopic (exact) mass is 160 g/mol. The molecule has 0 amide bonds. The van der Waals surface area contributed by atoms with E-state index in [0.29, 0.717) is 0 Å². The van der Waals surface area contributed by atoms with Crippen molar-refractivity contribution in [2.45, 2.75) is 25.4 Å². The van der Waals surface area contributed by atoms with E-state index in [0.717, 1.165) is 12.6 Å². The zero-order valence-electron chi connectivity index (χ0n) is 7.46. The zero-order valence-corrected chi connectivity index (χ0v) is 7.46. The van der Waals surface area contributed by atoms with Gasteiger partial charge in [0.25, 0.3) is 0 Å². The first-order chi connectivity index (χ1) is 5.86. The summed E-state index contributed by atoms with van der Waals surface area (Å²) in [6.07, 6.45) is 2.77. The van der Waals surface area contributed by atoms with Crippen LogP contribution in [0.3, 0.4) is 0 Å². The fourth-order valence-electron chi connectivity index (χ4n) is 1.46. The molecule has 0 aliphatic heterocycles. The van der Waals surface area contributed by atoms with Crippen LogP contribution in [-0.4, -0.2) is 18.0 Å². The highest BCUT2D eigenvalue weighted by molar-refractivity contribution is 5.13. The van der Waals surface area contributed by atoms with E-state index in [9.17, 15) is 0 Å². The van der Waals surface area contributed by atoms with Crippen LogP contribution >= 0.6 is 0 Å². The molecule has 2 rings (SSSR count). The molecule has 1 saturated carbocycles. The van der Waals surface area contributed by atoms with Gasteiger partial charge in [0.1, 0.15) is 0 Å². The highest BCUT2D eigenvalue weighted by Crippen LogP contribution is 2.26. The molecule has 0 N–H and O–H groups in total. The molecular formula is C11H14N. The van der Waals surface area contributed by atoms with Crippen molar-refractivity contribution in [3.05, 3.63) is 35.9 Å². The molecule has 63 valence electrons. The Morgan fingerprint density at radius 1 is 1.42 bits per heavy atom. The van der Waals surface area contributed by atoms with Gasteiger partial charge in [0.15, 0.2) is 0 Å². The van der Waals surface area contributed by atoms with E-state index in [4.69, 9.17) is 0 Å². The molecular weight excluding hydrogens is 146 g/mol. The molecule has 0 unspecified atom stereocenters. The van der Waals surface area contributed by atoms with Crippen LogP contribution < -0.4 is 0 Å². The van der Waals surface area contributed by atoms with E-state index >= 15 is 0 Å². The van der Waals surface area contributed by atoms with Gasteiger partial charge >= 0.3 is 0 Å². The number of hydrogen-bond donors (Lipinski definition) is 0. The molecule has 0 bridgehead atoms. The van der Waals surface area contributed by atoms with Gasteiger partial charge in [-0.2, -0.15) is 0 Å². The summed E-state index contributed by atoms with van der Waals surface area (Å²) in [5, 5.41) is 0. The van der Waals surface area contributed by atoms with Crippen molar-refractivity contribution in [2.24, 2.45) is 0 Å². The Morgan fingerprint density at radius 2 is 2.08 bits per heavy atom. The minimum atomic E-state index is 0.856. The zero-order chi connectivity index (χ0) is 8.39. The van der Waals surface area contributed by atoms with E-state index < -0.39 is 0 Å². The Hall–Kier alpha value is -0.820. The third-order valence-electron chi connectivity index (χ3n) is 2.39. The summed E-state index contributed by atoms with van der Waals surface area (Å²) in [6, 6.07) is 12.1. The van der Waals surface area contributed by atoms with Crippen LogP contribution in [0.4, 0.5) is 0 Å². The molecule has 12 heavy (non-hydrogen) atoms. The van der Waals surface area contributed by atoms with E-state index in [1.54, 1.807) is 0 Å². The van der Waals surface area contributed by atoms with Gasteiger partial charge in [0.05, 0.1) is 0 Å². The van der Waals surface area contributed by atoms with Gasteiger partial charge in [-0.15, -0.1) is 0 Å². The summed E-state index contributed by atoms with van der Waals surface area (Å²) in [4.78, 5) is 2.43. The summed E-state index contributed by atoms with van der Waals surface area (Å²) < 4.78 is 0. The van der Waals surface area contributed by atoms with Crippen molar-refractivity contribution < 1.29 is 0 Å². The molecule has 1 aromatic carbocycles. The molecule has 1 heteroatoms. The van der Waals surface area contributed by atoms with Crippen LogP contribution in [0.25, 0.3) is 0 Å². The molecule has 0 spiro atoms. The van der Waals surface area contributed by atoms with Gasteiger partial charge in [-0.05, 0) is 31.5 Å². The smallest absolute Gasteiger partial charge is 0.0233 e. The van der Waals surface area contributed by atoms with Crippen LogP contribution in [0.15, 0.2) is 24.3 Å². The van der Waals surface area contributed by atoms with Crippen LogP contribution in [0.2, 0.25) is 0 Å². The Labute approximate surface area is 74.0 Å². The lowest BCUT2D eigenvalue weighted by Crippen LogP contribution is -2.19. The first kappa shape index (κ1) is 7.81. The Balaban J connectivity index is 1.94. The van der Waals surface area contributed by atoms with Gasteiger partial charge in [0, 0.05) is 12.6 Å². The average Bonchev–Trinajstić information content (AvgIpc) is 2.88.